The molecule has 1 heterocycles. The van der Waals surface area contributed by atoms with Gasteiger partial charge in [-0.3, -0.25) is 4.79 Å². The molecular formula is C12H23NO. The maximum Gasteiger partial charge on any atom is 0.225 e. The third kappa shape index (κ3) is 3.00. The lowest BCUT2D eigenvalue weighted by Gasteiger charge is -2.21. The van der Waals surface area contributed by atoms with Gasteiger partial charge in [0.15, 0.2) is 0 Å². The maximum atomic E-state index is 12.0. The number of carbonyl (C=O) groups is 1. The summed E-state index contributed by atoms with van der Waals surface area (Å²) < 4.78 is 0. The molecule has 1 amide bonds. The smallest absolute Gasteiger partial charge is 0.225 e. The first-order valence-electron chi connectivity index (χ1n) is 6.08. The molecule has 0 aromatic rings. The first-order valence-corrected chi connectivity index (χ1v) is 6.08. The van der Waals surface area contributed by atoms with Crippen LogP contribution >= 0.6 is 0 Å². The van der Waals surface area contributed by atoms with Crippen molar-refractivity contribution in [2.75, 3.05) is 13.1 Å². The third-order valence-corrected chi connectivity index (χ3v) is 3.17. The van der Waals surface area contributed by atoms with Crippen molar-refractivity contribution < 1.29 is 4.79 Å². The number of carbonyl (C=O) groups excluding carboxylic acids is 1. The van der Waals surface area contributed by atoms with E-state index in [9.17, 15) is 4.79 Å². The van der Waals surface area contributed by atoms with Crippen molar-refractivity contribution in [3.63, 3.8) is 0 Å². The van der Waals surface area contributed by atoms with Gasteiger partial charge in [-0.1, -0.05) is 26.7 Å². The van der Waals surface area contributed by atoms with Gasteiger partial charge in [-0.25, -0.2) is 0 Å². The van der Waals surface area contributed by atoms with Crippen LogP contribution in [0.4, 0.5) is 0 Å². The number of amides is 1. The minimum absolute atomic E-state index is 0.299. The van der Waals surface area contributed by atoms with Crippen molar-refractivity contribution in [2.45, 2.75) is 52.4 Å². The van der Waals surface area contributed by atoms with Crippen LogP contribution in [0.5, 0.6) is 0 Å². The van der Waals surface area contributed by atoms with Crippen LogP contribution in [0.3, 0.4) is 0 Å². The highest BCUT2D eigenvalue weighted by molar-refractivity contribution is 5.79. The molecule has 1 atom stereocenters. The Morgan fingerprint density at radius 3 is 2.43 bits per heavy atom. The van der Waals surface area contributed by atoms with Gasteiger partial charge in [-0.2, -0.15) is 0 Å². The molecule has 0 bridgehead atoms. The number of hydrogen-bond donors (Lipinski definition) is 0. The Morgan fingerprint density at radius 2 is 1.93 bits per heavy atom. The maximum absolute atomic E-state index is 12.0. The average molecular weight is 197 g/mol. The Balaban J connectivity index is 2.37. The van der Waals surface area contributed by atoms with Crippen LogP contribution in [0.2, 0.25) is 0 Å². The second-order valence-electron chi connectivity index (χ2n) is 4.28. The summed E-state index contributed by atoms with van der Waals surface area (Å²) >= 11 is 0. The van der Waals surface area contributed by atoms with Gasteiger partial charge in [0.25, 0.3) is 0 Å². The van der Waals surface area contributed by atoms with Crippen LogP contribution in [0.15, 0.2) is 0 Å². The summed E-state index contributed by atoms with van der Waals surface area (Å²) in [5.74, 6) is 0.714. The number of nitrogens with zero attached hydrogens (tertiary/aromatic N) is 1. The van der Waals surface area contributed by atoms with E-state index < -0.39 is 0 Å². The van der Waals surface area contributed by atoms with E-state index in [0.717, 1.165) is 25.9 Å². The Bertz CT molecular complexity index is 173. The topological polar surface area (TPSA) is 20.3 Å². The molecule has 0 radical (unpaired) electrons. The van der Waals surface area contributed by atoms with Crippen LogP contribution in [0.25, 0.3) is 0 Å². The second kappa shape index (κ2) is 6.05. The zero-order chi connectivity index (χ0) is 10.4. The molecule has 1 rings (SSSR count). The number of unbranched alkanes of at least 4 members (excludes halogenated alkanes) is 1. The fraction of sp³-hybridized carbons (Fsp3) is 0.917. The summed E-state index contributed by atoms with van der Waals surface area (Å²) in [4.78, 5) is 14.1. The zero-order valence-corrected chi connectivity index (χ0v) is 9.59. The predicted octanol–water partition coefficient (Wildman–Crippen LogP) is 2.83. The molecule has 1 aliphatic rings. The second-order valence-corrected chi connectivity index (χ2v) is 4.28. The van der Waals surface area contributed by atoms with Gasteiger partial charge in [0, 0.05) is 19.0 Å². The molecule has 0 aliphatic carbocycles. The standard InChI is InChI=1S/C12H23NO/c1-3-5-8-11(4-2)12(14)13-9-6-7-10-13/h11H,3-10H2,1-2H3. The summed E-state index contributed by atoms with van der Waals surface area (Å²) in [6, 6.07) is 0. The summed E-state index contributed by atoms with van der Waals surface area (Å²) in [7, 11) is 0. The van der Waals surface area contributed by atoms with Crippen molar-refractivity contribution >= 4 is 5.91 Å². The van der Waals surface area contributed by atoms with E-state index in [2.05, 4.69) is 18.7 Å². The molecule has 1 fully saturated rings. The lowest BCUT2D eigenvalue weighted by atomic mass is 9.98. The Kier molecular flexibility index (Phi) is 4.99. The summed E-state index contributed by atoms with van der Waals surface area (Å²) in [5.41, 5.74) is 0. The van der Waals surface area contributed by atoms with Crippen LogP contribution in [0.1, 0.15) is 52.4 Å². The number of rotatable bonds is 5. The molecule has 0 saturated carbocycles. The summed E-state index contributed by atoms with van der Waals surface area (Å²) in [6.07, 6.45) is 6.89. The van der Waals surface area contributed by atoms with Crippen molar-refractivity contribution in [3.05, 3.63) is 0 Å². The van der Waals surface area contributed by atoms with Gasteiger partial charge in [0.1, 0.15) is 0 Å². The predicted molar refractivity (Wildman–Crippen MR) is 59.1 cm³/mol. The molecule has 0 spiro atoms. The molecule has 0 aromatic carbocycles. The van der Waals surface area contributed by atoms with Crippen LogP contribution < -0.4 is 0 Å². The highest BCUT2D eigenvalue weighted by Gasteiger charge is 2.24. The van der Waals surface area contributed by atoms with E-state index in [-0.39, 0.29) is 0 Å². The van der Waals surface area contributed by atoms with Gasteiger partial charge in [-0.15, -0.1) is 0 Å². The van der Waals surface area contributed by atoms with E-state index >= 15 is 0 Å². The molecule has 1 aliphatic heterocycles. The number of likely N-dealkylation sites (tertiary alicyclic amines) is 1. The Morgan fingerprint density at radius 1 is 1.29 bits per heavy atom. The quantitative estimate of drug-likeness (QED) is 0.663. The molecule has 0 N–H and O–H groups in total. The SMILES string of the molecule is CCCCC(CC)C(=O)N1CCCC1. The van der Waals surface area contributed by atoms with Gasteiger partial charge in [0.2, 0.25) is 5.91 Å². The first kappa shape index (κ1) is 11.5. The fourth-order valence-corrected chi connectivity index (χ4v) is 2.15. The lowest BCUT2D eigenvalue weighted by molar-refractivity contribution is -0.134. The number of hydrogen-bond acceptors (Lipinski definition) is 1. The zero-order valence-electron chi connectivity index (χ0n) is 9.59. The van der Waals surface area contributed by atoms with E-state index in [4.69, 9.17) is 0 Å². The van der Waals surface area contributed by atoms with Crippen LogP contribution in [0, 0.1) is 5.92 Å². The largest absolute Gasteiger partial charge is 0.342 e. The monoisotopic (exact) mass is 197 g/mol. The normalized spacial score (nSPS) is 18.6. The van der Waals surface area contributed by atoms with Crippen molar-refractivity contribution in [3.8, 4) is 0 Å². The summed E-state index contributed by atoms with van der Waals surface area (Å²) in [5, 5.41) is 0. The Hall–Kier alpha value is -0.530. The molecule has 82 valence electrons. The lowest BCUT2D eigenvalue weighted by Crippen LogP contribution is -2.33. The highest BCUT2D eigenvalue weighted by atomic mass is 16.2. The minimum atomic E-state index is 0.299. The van der Waals surface area contributed by atoms with Gasteiger partial charge in [0.05, 0.1) is 0 Å². The molecular weight excluding hydrogens is 174 g/mol. The van der Waals surface area contributed by atoms with Gasteiger partial charge >= 0.3 is 0 Å². The average Bonchev–Trinajstić information content (AvgIpc) is 2.71. The first-order chi connectivity index (χ1) is 6.79. The molecule has 1 saturated heterocycles. The highest BCUT2D eigenvalue weighted by Crippen LogP contribution is 2.18. The van der Waals surface area contributed by atoms with Crippen molar-refractivity contribution in [1.82, 2.24) is 4.90 Å². The minimum Gasteiger partial charge on any atom is -0.342 e. The summed E-state index contributed by atoms with van der Waals surface area (Å²) in [6.45, 7) is 6.32. The van der Waals surface area contributed by atoms with Gasteiger partial charge < -0.3 is 4.90 Å². The van der Waals surface area contributed by atoms with Crippen molar-refractivity contribution in [2.24, 2.45) is 5.92 Å². The molecule has 2 nitrogen and oxygen atoms in total. The van der Waals surface area contributed by atoms with Crippen LogP contribution in [-0.2, 0) is 4.79 Å². The molecule has 0 aromatic heterocycles. The van der Waals surface area contributed by atoms with E-state index in [1.54, 1.807) is 0 Å². The van der Waals surface area contributed by atoms with Crippen molar-refractivity contribution in [1.29, 1.82) is 0 Å². The molecule has 2 heteroatoms. The van der Waals surface area contributed by atoms with E-state index in [1.807, 2.05) is 0 Å². The molecule has 1 unspecified atom stereocenters. The third-order valence-electron chi connectivity index (χ3n) is 3.17. The fourth-order valence-electron chi connectivity index (χ4n) is 2.15. The Labute approximate surface area is 87.7 Å². The van der Waals surface area contributed by atoms with Gasteiger partial charge in [-0.05, 0) is 25.7 Å². The van der Waals surface area contributed by atoms with Crippen LogP contribution in [-0.4, -0.2) is 23.9 Å². The van der Waals surface area contributed by atoms with E-state index in [1.165, 1.54) is 25.7 Å². The van der Waals surface area contributed by atoms with E-state index in [0.29, 0.717) is 11.8 Å². The molecule has 14 heavy (non-hydrogen) atoms.